The minimum atomic E-state index is -1.57. The molecular formula is C6H9BO3S. The second-order valence-corrected chi connectivity index (χ2v) is 3.75. The lowest BCUT2D eigenvalue weighted by Crippen LogP contribution is -2.47. The molecule has 1 aliphatic heterocycles. The van der Waals surface area contributed by atoms with E-state index in [0.717, 1.165) is 0 Å². The normalized spacial score (nSPS) is 29.0. The monoisotopic (exact) mass is 172 g/mol. The van der Waals surface area contributed by atoms with Crippen LogP contribution in [0.25, 0.3) is 0 Å². The summed E-state index contributed by atoms with van der Waals surface area (Å²) in [4.78, 5) is 11.0. The van der Waals surface area contributed by atoms with Crippen LogP contribution in [0.15, 0.2) is 11.5 Å². The van der Waals surface area contributed by atoms with Crippen LogP contribution in [0.2, 0.25) is 0 Å². The Morgan fingerprint density at radius 3 is 2.55 bits per heavy atom. The summed E-state index contributed by atoms with van der Waals surface area (Å²) in [5.74, 6) is -0.192. The van der Waals surface area contributed by atoms with Crippen molar-refractivity contribution >= 4 is 24.7 Å². The molecule has 1 rings (SSSR count). The topological polar surface area (TPSA) is 57.5 Å². The molecule has 0 saturated carbocycles. The first-order valence-electron chi connectivity index (χ1n) is 3.29. The first-order chi connectivity index (χ1) is 5.09. The van der Waals surface area contributed by atoms with Crippen LogP contribution in [0.5, 0.6) is 0 Å². The van der Waals surface area contributed by atoms with Crippen LogP contribution in [-0.2, 0) is 4.79 Å². The molecule has 0 saturated heterocycles. The van der Waals surface area contributed by atoms with E-state index in [9.17, 15) is 4.79 Å². The van der Waals surface area contributed by atoms with Crippen molar-refractivity contribution in [3.05, 3.63) is 11.5 Å². The van der Waals surface area contributed by atoms with Crippen LogP contribution in [0.1, 0.15) is 13.3 Å². The molecule has 0 radical (unpaired) electrons. The van der Waals surface area contributed by atoms with E-state index >= 15 is 0 Å². The molecule has 60 valence electrons. The Bertz CT molecular complexity index is 194. The number of thioether (sulfide) groups is 1. The molecule has 0 bridgehead atoms. The van der Waals surface area contributed by atoms with Crippen LogP contribution < -0.4 is 0 Å². The van der Waals surface area contributed by atoms with Gasteiger partial charge in [0.2, 0.25) is 0 Å². The largest absolute Gasteiger partial charge is 0.477 e. The molecule has 1 aliphatic rings. The van der Waals surface area contributed by atoms with Gasteiger partial charge in [-0.3, -0.25) is 4.79 Å². The number of hydrogen-bond donors (Lipinski definition) is 2. The molecule has 0 aliphatic carbocycles. The van der Waals surface area contributed by atoms with Crippen LogP contribution in [0.3, 0.4) is 0 Å². The maximum Gasteiger partial charge on any atom is 0.477 e. The molecule has 1 unspecified atom stereocenters. The fraction of sp³-hybridized carbons (Fsp3) is 0.500. The lowest BCUT2D eigenvalue weighted by atomic mass is 9.67. The van der Waals surface area contributed by atoms with E-state index in [1.807, 2.05) is 0 Å². The number of carbonyl (C=O) groups excluding carboxylic acids is 1. The smallest absolute Gasteiger partial charge is 0.426 e. The van der Waals surface area contributed by atoms with Gasteiger partial charge in [-0.05, 0) is 18.8 Å². The van der Waals surface area contributed by atoms with E-state index in [4.69, 9.17) is 10.0 Å². The average molecular weight is 172 g/mol. The Kier molecular flexibility index (Phi) is 2.42. The SMILES string of the molecule is CC(=O)C1(B(O)O)CC=CS1. The number of rotatable bonds is 2. The van der Waals surface area contributed by atoms with Gasteiger partial charge in [0.1, 0.15) is 10.4 Å². The Hall–Kier alpha value is -0.255. The number of ketones is 1. The van der Waals surface area contributed by atoms with E-state index < -0.39 is 11.8 Å². The molecule has 0 fully saturated rings. The van der Waals surface area contributed by atoms with Crippen LogP contribution in [-0.4, -0.2) is 27.6 Å². The Labute approximate surface area is 69.6 Å². The van der Waals surface area contributed by atoms with Gasteiger partial charge in [-0.25, -0.2) is 0 Å². The highest BCUT2D eigenvalue weighted by molar-refractivity contribution is 8.05. The minimum absolute atomic E-state index is 0.192. The van der Waals surface area contributed by atoms with Gasteiger partial charge in [0.25, 0.3) is 0 Å². The second kappa shape index (κ2) is 3.01. The van der Waals surface area contributed by atoms with Crippen LogP contribution in [0.4, 0.5) is 0 Å². The van der Waals surface area contributed by atoms with Gasteiger partial charge in [0.15, 0.2) is 0 Å². The predicted octanol–water partition coefficient (Wildman–Crippen LogP) is -0.0232. The van der Waals surface area contributed by atoms with Gasteiger partial charge in [-0.15, -0.1) is 11.8 Å². The third kappa shape index (κ3) is 1.36. The average Bonchev–Trinajstić information content (AvgIpc) is 2.34. The maximum atomic E-state index is 11.0. The molecule has 0 aromatic heterocycles. The fourth-order valence-corrected chi connectivity index (χ4v) is 1.93. The summed E-state index contributed by atoms with van der Waals surface area (Å²) in [6.07, 6.45) is 2.18. The van der Waals surface area contributed by atoms with Gasteiger partial charge in [0, 0.05) is 0 Å². The lowest BCUT2D eigenvalue weighted by molar-refractivity contribution is -0.117. The zero-order chi connectivity index (χ0) is 8.48. The molecule has 0 aromatic rings. The Morgan fingerprint density at radius 1 is 1.73 bits per heavy atom. The molecule has 0 amide bonds. The van der Waals surface area contributed by atoms with Crippen molar-refractivity contribution < 1.29 is 14.8 Å². The zero-order valence-electron chi connectivity index (χ0n) is 6.15. The van der Waals surface area contributed by atoms with E-state index in [0.29, 0.717) is 6.42 Å². The molecule has 1 heterocycles. The maximum absolute atomic E-state index is 11.0. The molecule has 11 heavy (non-hydrogen) atoms. The van der Waals surface area contributed by atoms with Gasteiger partial charge in [-0.1, -0.05) is 6.08 Å². The predicted molar refractivity (Wildman–Crippen MR) is 45.0 cm³/mol. The summed E-state index contributed by atoms with van der Waals surface area (Å²) in [5.41, 5.74) is 0. The van der Waals surface area contributed by atoms with Gasteiger partial charge >= 0.3 is 7.12 Å². The minimum Gasteiger partial charge on any atom is -0.426 e. The molecule has 5 heteroatoms. The lowest BCUT2D eigenvalue weighted by Gasteiger charge is -2.22. The van der Waals surface area contributed by atoms with Gasteiger partial charge in [0.05, 0.1) is 0 Å². The molecular weight excluding hydrogens is 163 g/mol. The first kappa shape index (κ1) is 8.84. The highest BCUT2D eigenvalue weighted by Crippen LogP contribution is 2.37. The van der Waals surface area contributed by atoms with Crippen molar-refractivity contribution in [2.75, 3.05) is 0 Å². The Balaban J connectivity index is 2.81. The zero-order valence-corrected chi connectivity index (χ0v) is 6.97. The fourth-order valence-electron chi connectivity index (χ4n) is 1.02. The molecule has 2 N–H and O–H groups in total. The standard InChI is InChI=1S/C6H9BO3S/c1-5(8)6(7(9)10)3-2-4-11-6/h2,4,9-10H,3H2,1H3. The van der Waals surface area contributed by atoms with E-state index in [1.54, 1.807) is 11.5 Å². The van der Waals surface area contributed by atoms with Crippen molar-refractivity contribution in [3.8, 4) is 0 Å². The quantitative estimate of drug-likeness (QED) is 0.574. The van der Waals surface area contributed by atoms with Crippen molar-refractivity contribution in [1.82, 2.24) is 0 Å². The summed E-state index contributed by atoms with van der Waals surface area (Å²) in [5, 5.41) is 19.6. The van der Waals surface area contributed by atoms with Crippen LogP contribution in [0, 0.1) is 0 Å². The number of carbonyl (C=O) groups is 1. The van der Waals surface area contributed by atoms with E-state index in [2.05, 4.69) is 0 Å². The molecule has 1 atom stereocenters. The molecule has 3 nitrogen and oxygen atoms in total. The summed E-state index contributed by atoms with van der Waals surface area (Å²) in [6.45, 7) is 1.37. The summed E-state index contributed by atoms with van der Waals surface area (Å²) >= 11 is 1.18. The summed E-state index contributed by atoms with van der Waals surface area (Å²) in [7, 11) is -1.57. The summed E-state index contributed by atoms with van der Waals surface area (Å²) in [6, 6.07) is 0. The third-order valence-electron chi connectivity index (χ3n) is 1.81. The number of Topliss-reactive ketones (excluding diaryl/α,β-unsaturated/α-hetero) is 1. The third-order valence-corrected chi connectivity index (χ3v) is 3.22. The second-order valence-electron chi connectivity index (χ2n) is 2.51. The Morgan fingerprint density at radius 2 is 2.36 bits per heavy atom. The van der Waals surface area contributed by atoms with E-state index in [-0.39, 0.29) is 5.78 Å². The van der Waals surface area contributed by atoms with Crippen molar-refractivity contribution in [1.29, 1.82) is 0 Å². The first-order valence-corrected chi connectivity index (χ1v) is 4.17. The van der Waals surface area contributed by atoms with Crippen molar-refractivity contribution in [3.63, 3.8) is 0 Å². The van der Waals surface area contributed by atoms with Crippen LogP contribution >= 0.6 is 11.8 Å². The summed E-state index contributed by atoms with van der Waals surface area (Å²) < 4.78 is -1.03. The number of hydrogen-bond acceptors (Lipinski definition) is 4. The number of allylic oxidation sites excluding steroid dienone is 1. The van der Waals surface area contributed by atoms with Gasteiger partial charge < -0.3 is 10.0 Å². The van der Waals surface area contributed by atoms with Gasteiger partial charge in [-0.2, -0.15) is 0 Å². The highest BCUT2D eigenvalue weighted by Gasteiger charge is 2.47. The highest BCUT2D eigenvalue weighted by atomic mass is 32.2. The van der Waals surface area contributed by atoms with Crippen molar-refractivity contribution in [2.45, 2.75) is 18.0 Å². The molecule has 0 aromatic carbocycles. The van der Waals surface area contributed by atoms with Crippen molar-refractivity contribution in [2.24, 2.45) is 0 Å². The van der Waals surface area contributed by atoms with E-state index in [1.165, 1.54) is 18.7 Å². The molecule has 0 spiro atoms.